The summed E-state index contributed by atoms with van der Waals surface area (Å²) in [4.78, 5) is 13.3. The van der Waals surface area contributed by atoms with Gasteiger partial charge in [-0.25, -0.2) is 0 Å². The number of carbonyl (C=O) groups is 1. The van der Waals surface area contributed by atoms with Crippen molar-refractivity contribution < 1.29 is 64.6 Å². The Bertz CT molecular complexity index is 1450. The highest BCUT2D eigenvalue weighted by Gasteiger charge is 2.51. The van der Waals surface area contributed by atoms with Crippen LogP contribution >= 0.6 is 0 Å². The number of hydrogen-bond donors (Lipinski definition) is 9. The smallest absolute Gasteiger partial charge is 0.220 e. The monoisotopic (exact) mass is 1110 g/mol. The van der Waals surface area contributed by atoms with Gasteiger partial charge in [0.25, 0.3) is 0 Å². The van der Waals surface area contributed by atoms with E-state index in [4.69, 9.17) is 18.9 Å². The van der Waals surface area contributed by atoms with E-state index < -0.39 is 86.8 Å². The summed E-state index contributed by atoms with van der Waals surface area (Å²) >= 11 is 0. The van der Waals surface area contributed by atoms with E-state index in [2.05, 4.69) is 43.5 Å². The highest BCUT2D eigenvalue weighted by Crippen LogP contribution is 2.30. The van der Waals surface area contributed by atoms with E-state index in [1.807, 2.05) is 6.08 Å². The number of hydrogen-bond acceptors (Lipinski definition) is 13. The number of aliphatic hydroxyl groups excluding tert-OH is 8. The molecule has 0 bridgehead atoms. The number of nitrogens with one attached hydrogen (secondary N) is 1. The van der Waals surface area contributed by atoms with Crippen molar-refractivity contribution in [3.05, 3.63) is 36.5 Å². The highest BCUT2D eigenvalue weighted by molar-refractivity contribution is 5.76. The van der Waals surface area contributed by atoms with Crippen LogP contribution in [-0.2, 0) is 23.7 Å². The van der Waals surface area contributed by atoms with Crippen molar-refractivity contribution in [1.82, 2.24) is 5.32 Å². The Morgan fingerprint density at radius 2 is 0.821 bits per heavy atom. The molecule has 12 unspecified atom stereocenters. The van der Waals surface area contributed by atoms with Gasteiger partial charge in [0.1, 0.15) is 48.8 Å². The highest BCUT2D eigenvalue weighted by atomic mass is 16.7. The zero-order chi connectivity index (χ0) is 56.7. The molecule has 0 radical (unpaired) electrons. The van der Waals surface area contributed by atoms with Crippen LogP contribution in [0.5, 0.6) is 0 Å². The van der Waals surface area contributed by atoms with Crippen LogP contribution < -0.4 is 5.32 Å². The molecule has 12 atom stereocenters. The minimum Gasteiger partial charge on any atom is -0.394 e. The molecule has 0 saturated carbocycles. The van der Waals surface area contributed by atoms with Crippen LogP contribution in [-0.4, -0.2) is 140 Å². The van der Waals surface area contributed by atoms with Crippen LogP contribution in [0.2, 0.25) is 0 Å². The quantitative estimate of drug-likeness (QED) is 0.0204. The molecule has 14 heteroatoms. The molecule has 2 saturated heterocycles. The molecular weight excluding hydrogens is 991 g/mol. The van der Waals surface area contributed by atoms with Gasteiger partial charge in [-0.1, -0.05) is 256 Å². The van der Waals surface area contributed by atoms with E-state index in [9.17, 15) is 45.6 Å². The average Bonchev–Trinajstić information content (AvgIpc) is 3.48. The van der Waals surface area contributed by atoms with Crippen molar-refractivity contribution in [2.24, 2.45) is 0 Å². The van der Waals surface area contributed by atoms with E-state index >= 15 is 0 Å². The largest absolute Gasteiger partial charge is 0.394 e. The van der Waals surface area contributed by atoms with Crippen LogP contribution in [0.4, 0.5) is 0 Å². The Balaban J connectivity index is 1.73. The van der Waals surface area contributed by atoms with Gasteiger partial charge in [-0.3, -0.25) is 4.79 Å². The first-order valence-electron chi connectivity index (χ1n) is 32.2. The predicted octanol–water partition coefficient (Wildman–Crippen LogP) is 11.8. The van der Waals surface area contributed by atoms with Crippen molar-refractivity contribution in [3.63, 3.8) is 0 Å². The molecule has 9 N–H and O–H groups in total. The van der Waals surface area contributed by atoms with Gasteiger partial charge >= 0.3 is 0 Å². The van der Waals surface area contributed by atoms with Gasteiger partial charge in [0.05, 0.1) is 32.0 Å². The lowest BCUT2D eigenvalue weighted by Gasteiger charge is -2.46. The molecule has 78 heavy (non-hydrogen) atoms. The number of rotatable bonds is 52. The third-order valence-electron chi connectivity index (χ3n) is 15.8. The first-order chi connectivity index (χ1) is 38.1. The first-order valence-corrected chi connectivity index (χ1v) is 32.2. The third-order valence-corrected chi connectivity index (χ3v) is 15.8. The molecule has 0 spiro atoms. The Morgan fingerprint density at radius 1 is 0.449 bits per heavy atom. The topological polar surface area (TPSA) is 228 Å². The van der Waals surface area contributed by atoms with E-state index in [0.29, 0.717) is 12.8 Å². The summed E-state index contributed by atoms with van der Waals surface area (Å²) in [5, 5.41) is 87.2. The minimum atomic E-state index is -1.79. The van der Waals surface area contributed by atoms with E-state index in [-0.39, 0.29) is 18.9 Å². The van der Waals surface area contributed by atoms with Crippen molar-refractivity contribution in [2.75, 3.05) is 19.8 Å². The lowest BCUT2D eigenvalue weighted by molar-refractivity contribution is -0.359. The lowest BCUT2D eigenvalue weighted by atomic mass is 9.97. The van der Waals surface area contributed by atoms with Crippen LogP contribution in [0.25, 0.3) is 0 Å². The second-order valence-electron chi connectivity index (χ2n) is 22.9. The fraction of sp³-hybridized carbons (Fsp3) is 0.891. The second kappa shape index (κ2) is 49.8. The molecule has 2 heterocycles. The van der Waals surface area contributed by atoms with E-state index in [0.717, 1.165) is 44.9 Å². The zero-order valence-corrected chi connectivity index (χ0v) is 49.4. The Hall–Kier alpha value is -1.79. The summed E-state index contributed by atoms with van der Waals surface area (Å²) in [6.07, 6.45) is 44.8. The van der Waals surface area contributed by atoms with Gasteiger partial charge in [-0.15, -0.1) is 0 Å². The number of ether oxygens (including phenoxy) is 4. The number of allylic oxidation sites excluding steroid dienone is 5. The van der Waals surface area contributed by atoms with Crippen LogP contribution in [0.3, 0.4) is 0 Å². The Labute approximate surface area is 474 Å². The molecular formula is C64H119NO13. The van der Waals surface area contributed by atoms with Crippen LogP contribution in [0.15, 0.2) is 36.5 Å². The molecule has 0 aliphatic carbocycles. The predicted molar refractivity (Wildman–Crippen MR) is 314 cm³/mol. The molecule has 2 rings (SSSR count). The number of aliphatic hydroxyl groups is 8. The molecule has 2 aliphatic heterocycles. The second-order valence-corrected chi connectivity index (χ2v) is 22.9. The van der Waals surface area contributed by atoms with Crippen LogP contribution in [0, 0.1) is 0 Å². The normalized spacial score (nSPS) is 24.7. The summed E-state index contributed by atoms with van der Waals surface area (Å²) in [5.74, 6) is -0.248. The zero-order valence-electron chi connectivity index (χ0n) is 49.4. The maximum absolute atomic E-state index is 13.3. The molecule has 0 aromatic heterocycles. The molecule has 0 aromatic carbocycles. The van der Waals surface area contributed by atoms with Gasteiger partial charge in [0, 0.05) is 6.42 Å². The van der Waals surface area contributed by atoms with Gasteiger partial charge < -0.3 is 65.1 Å². The average molecular weight is 1110 g/mol. The van der Waals surface area contributed by atoms with Gasteiger partial charge in [-0.2, -0.15) is 0 Å². The Kier molecular flexibility index (Phi) is 46.2. The van der Waals surface area contributed by atoms with E-state index in [1.165, 1.54) is 193 Å². The minimum absolute atomic E-state index is 0.248. The van der Waals surface area contributed by atoms with Crippen molar-refractivity contribution in [2.45, 2.75) is 344 Å². The summed E-state index contributed by atoms with van der Waals surface area (Å²) in [7, 11) is 0. The summed E-state index contributed by atoms with van der Waals surface area (Å²) < 4.78 is 22.8. The Morgan fingerprint density at radius 3 is 1.26 bits per heavy atom. The number of carbonyl (C=O) groups excluding carboxylic acids is 1. The van der Waals surface area contributed by atoms with Gasteiger partial charge in [-0.05, 0) is 44.9 Å². The van der Waals surface area contributed by atoms with Gasteiger partial charge in [0.2, 0.25) is 5.91 Å². The molecule has 458 valence electrons. The number of unbranched alkanes of at least 4 members (excludes halogenated alkanes) is 35. The van der Waals surface area contributed by atoms with Crippen molar-refractivity contribution >= 4 is 5.91 Å². The van der Waals surface area contributed by atoms with Crippen LogP contribution in [0.1, 0.15) is 271 Å². The van der Waals surface area contributed by atoms with E-state index in [1.54, 1.807) is 6.08 Å². The molecule has 1 amide bonds. The number of amides is 1. The molecule has 0 aromatic rings. The van der Waals surface area contributed by atoms with Gasteiger partial charge in [0.15, 0.2) is 12.6 Å². The fourth-order valence-corrected chi connectivity index (χ4v) is 10.6. The summed E-state index contributed by atoms with van der Waals surface area (Å²) in [6, 6.07) is -0.936. The molecule has 2 fully saturated rings. The summed E-state index contributed by atoms with van der Waals surface area (Å²) in [5.41, 5.74) is 0. The van der Waals surface area contributed by atoms with Crippen molar-refractivity contribution in [3.8, 4) is 0 Å². The summed E-state index contributed by atoms with van der Waals surface area (Å²) in [6.45, 7) is 2.80. The standard InChI is InChI=1S/C64H119NO13/c1-3-5-7-9-11-13-15-17-19-21-23-24-25-26-27-28-30-32-34-36-38-40-42-44-46-48-56(69)65-52(53(68)47-45-43-41-39-37-35-33-31-29-22-20-18-16-14-12-10-8-6-4-2)51-75-63-61(74)59(72)62(55(50-67)77-63)78-64-60(73)58(71)57(70)54(49-66)76-64/h29,31,37,39,45,47,52-55,57-64,66-68,70-74H,3-28,30,32-36,38,40-44,46,48-51H2,1-2H3,(H,65,69)/b31-29+,39-37+,47-45+. The third kappa shape index (κ3) is 34.6. The maximum atomic E-state index is 13.3. The fourth-order valence-electron chi connectivity index (χ4n) is 10.6. The molecule has 2 aliphatic rings. The first kappa shape index (κ1) is 72.3. The SMILES string of the molecule is CCCCCCCCCCC/C=C/CC/C=C/CC/C=C/C(O)C(COC1OC(CO)C(OC2OC(CO)C(O)C(O)C2O)C(O)C1O)NC(=O)CCCCCCCCCCCCCCCCCCCCCCCCCCC. The lowest BCUT2D eigenvalue weighted by Crippen LogP contribution is -2.65. The maximum Gasteiger partial charge on any atom is 0.220 e. The molecule has 14 nitrogen and oxygen atoms in total. The van der Waals surface area contributed by atoms with Crippen molar-refractivity contribution in [1.29, 1.82) is 0 Å².